The Balaban J connectivity index is 2.41. The lowest BCUT2D eigenvalue weighted by molar-refractivity contribution is -0.139. The highest BCUT2D eigenvalue weighted by molar-refractivity contribution is 7.92. The summed E-state index contributed by atoms with van der Waals surface area (Å²) in [7, 11) is -3.79. The van der Waals surface area contributed by atoms with Crippen molar-refractivity contribution in [2.75, 3.05) is 17.1 Å². The SMILES string of the molecule is CC[C@H](C)NC(=O)[C@@H](C)N(Cc1ccc(F)cc1)C(=O)CN(c1ccc(C)cc1C)S(C)(=O)=O. The highest BCUT2D eigenvalue weighted by Gasteiger charge is 2.30. The van der Waals surface area contributed by atoms with Gasteiger partial charge in [0, 0.05) is 12.6 Å². The first-order valence-corrected chi connectivity index (χ1v) is 13.1. The molecule has 0 saturated heterocycles. The molecule has 9 heteroatoms. The molecule has 34 heavy (non-hydrogen) atoms. The van der Waals surface area contributed by atoms with E-state index in [0.717, 1.165) is 22.5 Å². The topological polar surface area (TPSA) is 86.8 Å². The van der Waals surface area contributed by atoms with E-state index in [2.05, 4.69) is 5.32 Å². The predicted octanol–water partition coefficient (Wildman–Crippen LogP) is 3.54. The van der Waals surface area contributed by atoms with Gasteiger partial charge in [0.2, 0.25) is 21.8 Å². The van der Waals surface area contributed by atoms with Crippen LogP contribution in [0.15, 0.2) is 42.5 Å². The number of anilines is 1. The van der Waals surface area contributed by atoms with Crippen LogP contribution in [-0.2, 0) is 26.2 Å². The summed E-state index contributed by atoms with van der Waals surface area (Å²) in [6.45, 7) is 8.64. The van der Waals surface area contributed by atoms with Crippen LogP contribution in [-0.4, -0.2) is 50.0 Å². The van der Waals surface area contributed by atoms with Gasteiger partial charge in [-0.2, -0.15) is 0 Å². The largest absolute Gasteiger partial charge is 0.352 e. The number of carbonyl (C=O) groups is 2. The number of hydrogen-bond acceptors (Lipinski definition) is 4. The maximum atomic E-state index is 13.5. The maximum absolute atomic E-state index is 13.5. The van der Waals surface area contributed by atoms with Gasteiger partial charge < -0.3 is 10.2 Å². The zero-order valence-corrected chi connectivity index (χ0v) is 21.4. The van der Waals surface area contributed by atoms with E-state index in [1.54, 1.807) is 26.0 Å². The summed E-state index contributed by atoms with van der Waals surface area (Å²) in [5.74, 6) is -1.30. The van der Waals surface area contributed by atoms with E-state index in [4.69, 9.17) is 0 Å². The van der Waals surface area contributed by atoms with E-state index >= 15 is 0 Å². The van der Waals surface area contributed by atoms with Crippen molar-refractivity contribution in [1.82, 2.24) is 10.2 Å². The van der Waals surface area contributed by atoms with Crippen LogP contribution in [0.3, 0.4) is 0 Å². The summed E-state index contributed by atoms with van der Waals surface area (Å²) in [6, 6.07) is 9.97. The number of halogens is 1. The van der Waals surface area contributed by atoms with Crippen molar-refractivity contribution in [1.29, 1.82) is 0 Å². The standard InChI is InChI=1S/C25H34FN3O4S/c1-7-19(4)27-25(31)20(5)28(15-21-9-11-22(26)12-10-21)24(30)16-29(34(6,32)33)23-13-8-17(2)14-18(23)3/h8-14,19-20H,7,15-16H2,1-6H3,(H,27,31)/t19-,20+/m0/s1. The summed E-state index contributed by atoms with van der Waals surface area (Å²) >= 11 is 0. The molecule has 2 amide bonds. The fourth-order valence-corrected chi connectivity index (χ4v) is 4.42. The third kappa shape index (κ3) is 7.28. The molecule has 0 aliphatic heterocycles. The van der Waals surface area contributed by atoms with Crippen molar-refractivity contribution in [2.45, 2.75) is 59.7 Å². The van der Waals surface area contributed by atoms with Gasteiger partial charge in [-0.25, -0.2) is 12.8 Å². The Morgan fingerprint density at radius 2 is 1.68 bits per heavy atom. The van der Waals surface area contributed by atoms with E-state index in [9.17, 15) is 22.4 Å². The summed E-state index contributed by atoms with van der Waals surface area (Å²) in [6.07, 6.45) is 1.77. The lowest BCUT2D eigenvalue weighted by Crippen LogP contribution is -2.52. The van der Waals surface area contributed by atoms with E-state index in [1.165, 1.54) is 29.2 Å². The number of hydrogen-bond donors (Lipinski definition) is 1. The number of rotatable bonds is 10. The van der Waals surface area contributed by atoms with Crippen LogP contribution in [0.2, 0.25) is 0 Å². The van der Waals surface area contributed by atoms with Gasteiger partial charge in [0.1, 0.15) is 18.4 Å². The average molecular weight is 492 g/mol. The molecule has 0 bridgehead atoms. The fourth-order valence-electron chi connectivity index (χ4n) is 3.51. The normalized spacial score (nSPS) is 13.1. The molecule has 2 aromatic rings. The summed E-state index contributed by atoms with van der Waals surface area (Å²) < 4.78 is 39.7. The van der Waals surface area contributed by atoms with Crippen molar-refractivity contribution < 1.29 is 22.4 Å². The molecule has 0 heterocycles. The minimum atomic E-state index is -3.79. The fraction of sp³-hybridized carbons (Fsp3) is 0.440. The second kappa shape index (κ2) is 11.5. The first-order valence-electron chi connectivity index (χ1n) is 11.2. The van der Waals surface area contributed by atoms with Crippen LogP contribution >= 0.6 is 0 Å². The molecule has 0 saturated carbocycles. The Labute approximate surface area is 202 Å². The average Bonchev–Trinajstić information content (AvgIpc) is 2.76. The maximum Gasteiger partial charge on any atom is 0.244 e. The van der Waals surface area contributed by atoms with E-state index in [0.29, 0.717) is 16.8 Å². The Hall–Kier alpha value is -2.94. The first kappa shape index (κ1) is 27.3. The first-order chi connectivity index (χ1) is 15.8. The molecule has 0 fully saturated rings. The number of aryl methyl sites for hydroxylation is 2. The van der Waals surface area contributed by atoms with Crippen LogP contribution < -0.4 is 9.62 Å². The van der Waals surface area contributed by atoms with Gasteiger partial charge in [-0.1, -0.05) is 36.8 Å². The van der Waals surface area contributed by atoms with Gasteiger partial charge in [-0.15, -0.1) is 0 Å². The molecule has 2 aromatic carbocycles. The van der Waals surface area contributed by atoms with Crippen molar-refractivity contribution in [3.8, 4) is 0 Å². The van der Waals surface area contributed by atoms with Gasteiger partial charge in [-0.3, -0.25) is 13.9 Å². The van der Waals surface area contributed by atoms with E-state index in [1.807, 2.05) is 26.8 Å². The molecule has 0 aliphatic rings. The van der Waals surface area contributed by atoms with E-state index < -0.39 is 34.3 Å². The van der Waals surface area contributed by atoms with Gasteiger partial charge >= 0.3 is 0 Å². The molecular formula is C25H34FN3O4S. The lowest BCUT2D eigenvalue weighted by Gasteiger charge is -2.32. The second-order valence-corrected chi connectivity index (χ2v) is 10.6. The van der Waals surface area contributed by atoms with Crippen molar-refractivity contribution in [3.05, 3.63) is 65.0 Å². The number of carbonyl (C=O) groups excluding carboxylic acids is 2. The molecule has 2 atom stereocenters. The molecule has 0 unspecified atom stereocenters. The van der Waals surface area contributed by atoms with Crippen molar-refractivity contribution >= 4 is 27.5 Å². The molecule has 2 rings (SSSR count). The molecule has 0 aromatic heterocycles. The summed E-state index contributed by atoms with van der Waals surface area (Å²) in [5, 5.41) is 2.87. The van der Waals surface area contributed by atoms with Crippen LogP contribution in [0.5, 0.6) is 0 Å². The molecular weight excluding hydrogens is 457 g/mol. The highest BCUT2D eigenvalue weighted by Crippen LogP contribution is 2.24. The third-order valence-corrected chi connectivity index (χ3v) is 6.86. The summed E-state index contributed by atoms with van der Waals surface area (Å²) in [5.41, 5.74) is 2.70. The van der Waals surface area contributed by atoms with Gasteiger partial charge in [0.25, 0.3) is 0 Å². The number of sulfonamides is 1. The minimum absolute atomic E-state index is 0.0265. The predicted molar refractivity (Wildman–Crippen MR) is 132 cm³/mol. The monoisotopic (exact) mass is 491 g/mol. The molecule has 0 radical (unpaired) electrons. The van der Waals surface area contributed by atoms with Crippen LogP contribution in [0.25, 0.3) is 0 Å². The number of nitrogens with one attached hydrogen (secondary N) is 1. The quantitative estimate of drug-likeness (QED) is 0.551. The Kier molecular flexibility index (Phi) is 9.21. The lowest BCUT2D eigenvalue weighted by atomic mass is 10.1. The van der Waals surface area contributed by atoms with Crippen LogP contribution in [0, 0.1) is 19.7 Å². The third-order valence-electron chi connectivity index (χ3n) is 5.73. The molecule has 186 valence electrons. The Morgan fingerprint density at radius 1 is 1.06 bits per heavy atom. The smallest absolute Gasteiger partial charge is 0.244 e. The molecule has 7 nitrogen and oxygen atoms in total. The Morgan fingerprint density at radius 3 is 2.21 bits per heavy atom. The molecule has 0 spiro atoms. The van der Waals surface area contributed by atoms with E-state index in [-0.39, 0.29) is 18.5 Å². The number of nitrogens with zero attached hydrogens (tertiary/aromatic N) is 2. The van der Waals surface area contributed by atoms with Gasteiger partial charge in [0.05, 0.1) is 11.9 Å². The zero-order chi connectivity index (χ0) is 25.6. The minimum Gasteiger partial charge on any atom is -0.352 e. The number of benzene rings is 2. The Bertz CT molecular complexity index is 1120. The number of amides is 2. The van der Waals surface area contributed by atoms with Gasteiger partial charge in [0.15, 0.2) is 0 Å². The summed E-state index contributed by atoms with van der Waals surface area (Å²) in [4.78, 5) is 27.7. The van der Waals surface area contributed by atoms with Crippen molar-refractivity contribution in [3.63, 3.8) is 0 Å². The molecule has 0 aliphatic carbocycles. The second-order valence-electron chi connectivity index (χ2n) is 8.70. The zero-order valence-electron chi connectivity index (χ0n) is 20.6. The highest BCUT2D eigenvalue weighted by atomic mass is 32.2. The molecule has 1 N–H and O–H groups in total. The van der Waals surface area contributed by atoms with Crippen LogP contribution in [0.4, 0.5) is 10.1 Å². The van der Waals surface area contributed by atoms with Crippen molar-refractivity contribution in [2.24, 2.45) is 0 Å². The van der Waals surface area contributed by atoms with Gasteiger partial charge in [-0.05, 0) is 63.4 Å². The van der Waals surface area contributed by atoms with Crippen LogP contribution in [0.1, 0.15) is 43.9 Å².